The van der Waals surface area contributed by atoms with Crippen molar-refractivity contribution in [3.8, 4) is 0 Å². The van der Waals surface area contributed by atoms with Gasteiger partial charge in [0.2, 0.25) is 11.8 Å². The van der Waals surface area contributed by atoms with Crippen LogP contribution in [0.25, 0.3) is 0 Å². The summed E-state index contributed by atoms with van der Waals surface area (Å²) in [5, 5.41) is 5.72. The Morgan fingerprint density at radius 3 is 2.65 bits per heavy atom. The van der Waals surface area contributed by atoms with E-state index in [1.165, 1.54) is 5.56 Å². The van der Waals surface area contributed by atoms with Gasteiger partial charge in [0.1, 0.15) is 11.6 Å². The van der Waals surface area contributed by atoms with E-state index in [-0.39, 0.29) is 11.8 Å². The summed E-state index contributed by atoms with van der Waals surface area (Å²) in [6.45, 7) is 4.35. The van der Waals surface area contributed by atoms with Crippen molar-refractivity contribution in [3.05, 3.63) is 35.4 Å². The second-order valence-electron chi connectivity index (χ2n) is 6.40. The maximum Gasteiger partial charge on any atom is 0.245 e. The smallest absolute Gasteiger partial charge is 0.245 e. The summed E-state index contributed by atoms with van der Waals surface area (Å²) in [5.41, 5.74) is 1.55. The number of fused-ring (bicyclic) bond motifs is 1. The molecule has 126 valence electrons. The lowest BCUT2D eigenvalue weighted by Gasteiger charge is -2.36. The summed E-state index contributed by atoms with van der Waals surface area (Å²) >= 11 is 0. The first-order valence-corrected chi connectivity index (χ1v) is 8.28. The molecule has 0 aromatic heterocycles. The Kier molecular flexibility index (Phi) is 5.42. The van der Waals surface area contributed by atoms with Crippen molar-refractivity contribution in [2.45, 2.75) is 44.7 Å². The molecule has 23 heavy (non-hydrogen) atoms. The van der Waals surface area contributed by atoms with E-state index in [1.54, 1.807) is 6.92 Å². The Balaban J connectivity index is 2.20. The highest BCUT2D eigenvalue weighted by atomic mass is 16.2. The Labute approximate surface area is 138 Å². The highest BCUT2D eigenvalue weighted by Crippen LogP contribution is 2.40. The molecule has 0 heterocycles. The van der Waals surface area contributed by atoms with Crippen LogP contribution in [0.15, 0.2) is 24.3 Å². The number of hydrogen-bond donors (Lipinski definition) is 2. The van der Waals surface area contributed by atoms with Crippen molar-refractivity contribution in [1.82, 2.24) is 15.5 Å². The van der Waals surface area contributed by atoms with Gasteiger partial charge in [0.25, 0.3) is 0 Å². The maximum absolute atomic E-state index is 13.0. The largest absolute Gasteiger partial charge is 0.354 e. The van der Waals surface area contributed by atoms with Crippen molar-refractivity contribution in [2.75, 3.05) is 20.6 Å². The van der Waals surface area contributed by atoms with E-state index in [2.05, 4.69) is 16.7 Å². The lowest BCUT2D eigenvalue weighted by Crippen LogP contribution is -2.56. The minimum absolute atomic E-state index is 0.105. The lowest BCUT2D eigenvalue weighted by atomic mass is 9.89. The Bertz CT molecular complexity index is 585. The molecular formula is C18H27N3O2. The van der Waals surface area contributed by atoms with Crippen LogP contribution < -0.4 is 10.6 Å². The first-order valence-electron chi connectivity index (χ1n) is 8.28. The van der Waals surface area contributed by atoms with Gasteiger partial charge in [-0.1, -0.05) is 31.2 Å². The molecule has 0 spiro atoms. The summed E-state index contributed by atoms with van der Waals surface area (Å²) in [5.74, 6) is -0.244. The van der Waals surface area contributed by atoms with Gasteiger partial charge in [0.05, 0.1) is 0 Å². The van der Waals surface area contributed by atoms with Crippen LogP contribution in [0.5, 0.6) is 0 Å². The summed E-state index contributed by atoms with van der Waals surface area (Å²) in [6, 6.07) is 7.52. The molecule has 5 nitrogen and oxygen atoms in total. The molecule has 1 aromatic carbocycles. The third-order valence-corrected chi connectivity index (χ3v) is 4.65. The molecule has 2 atom stereocenters. The predicted octanol–water partition coefficient (Wildman–Crippen LogP) is 1.42. The average Bonchev–Trinajstić information content (AvgIpc) is 2.93. The van der Waals surface area contributed by atoms with Gasteiger partial charge in [0.15, 0.2) is 0 Å². The van der Waals surface area contributed by atoms with E-state index in [0.717, 1.165) is 24.8 Å². The molecule has 0 unspecified atom stereocenters. The van der Waals surface area contributed by atoms with Crippen molar-refractivity contribution < 1.29 is 9.59 Å². The number of nitrogens with zero attached hydrogens (tertiary/aromatic N) is 1. The zero-order valence-electron chi connectivity index (χ0n) is 14.5. The predicted molar refractivity (Wildman–Crippen MR) is 91.0 cm³/mol. The average molecular weight is 317 g/mol. The number of amides is 2. The highest BCUT2D eigenvalue weighted by molar-refractivity contribution is 5.93. The van der Waals surface area contributed by atoms with Gasteiger partial charge in [-0.25, -0.2) is 0 Å². The van der Waals surface area contributed by atoms with Crippen LogP contribution >= 0.6 is 0 Å². The number of nitrogens with one attached hydrogen (secondary N) is 2. The molecule has 5 heteroatoms. The van der Waals surface area contributed by atoms with Crippen LogP contribution in [0, 0.1) is 0 Å². The van der Waals surface area contributed by atoms with E-state index >= 15 is 0 Å². The van der Waals surface area contributed by atoms with Gasteiger partial charge < -0.3 is 10.6 Å². The van der Waals surface area contributed by atoms with E-state index in [0.29, 0.717) is 6.54 Å². The molecule has 2 rings (SSSR count). The highest BCUT2D eigenvalue weighted by Gasteiger charge is 2.47. The van der Waals surface area contributed by atoms with Crippen LogP contribution in [0.4, 0.5) is 0 Å². The maximum atomic E-state index is 13.0. The Morgan fingerprint density at radius 1 is 1.30 bits per heavy atom. The minimum atomic E-state index is -0.699. The fraction of sp³-hybridized carbons (Fsp3) is 0.556. The molecule has 0 aliphatic heterocycles. The molecule has 0 bridgehead atoms. The van der Waals surface area contributed by atoms with E-state index in [9.17, 15) is 9.59 Å². The molecule has 0 saturated carbocycles. The van der Waals surface area contributed by atoms with Crippen molar-refractivity contribution in [2.24, 2.45) is 0 Å². The van der Waals surface area contributed by atoms with Gasteiger partial charge in [0, 0.05) is 6.54 Å². The number of aryl methyl sites for hydroxylation is 1. The van der Waals surface area contributed by atoms with Crippen LogP contribution in [0.3, 0.4) is 0 Å². The molecule has 0 fully saturated rings. The summed E-state index contributed by atoms with van der Waals surface area (Å²) in [7, 11) is 3.84. The van der Waals surface area contributed by atoms with E-state index in [1.807, 2.05) is 44.1 Å². The fourth-order valence-electron chi connectivity index (χ4n) is 3.28. The molecule has 1 aliphatic rings. The minimum Gasteiger partial charge on any atom is -0.354 e. The summed E-state index contributed by atoms with van der Waals surface area (Å²) < 4.78 is 0. The third kappa shape index (κ3) is 3.24. The number of benzene rings is 1. The van der Waals surface area contributed by atoms with Gasteiger partial charge in [-0.05, 0) is 51.4 Å². The molecule has 2 N–H and O–H groups in total. The SMILES string of the molecule is CCCNC(=O)[C@@H](C)NC(=O)[C@@]1(N(C)C)CCc2ccccc21. The Morgan fingerprint density at radius 2 is 2.00 bits per heavy atom. The van der Waals surface area contributed by atoms with E-state index < -0.39 is 11.6 Å². The van der Waals surface area contributed by atoms with E-state index in [4.69, 9.17) is 0 Å². The van der Waals surface area contributed by atoms with Crippen molar-refractivity contribution in [3.63, 3.8) is 0 Å². The zero-order chi connectivity index (χ0) is 17.0. The van der Waals surface area contributed by atoms with Gasteiger partial charge >= 0.3 is 0 Å². The second kappa shape index (κ2) is 7.13. The third-order valence-electron chi connectivity index (χ3n) is 4.65. The Hall–Kier alpha value is -1.88. The fourth-order valence-corrected chi connectivity index (χ4v) is 3.28. The molecular weight excluding hydrogens is 290 g/mol. The first-order chi connectivity index (χ1) is 10.9. The van der Waals surface area contributed by atoms with Crippen LogP contribution in [-0.4, -0.2) is 43.4 Å². The van der Waals surface area contributed by atoms with Crippen molar-refractivity contribution >= 4 is 11.8 Å². The number of rotatable bonds is 6. The molecule has 0 radical (unpaired) electrons. The quantitative estimate of drug-likeness (QED) is 0.834. The molecule has 1 aromatic rings. The summed E-state index contributed by atoms with van der Waals surface area (Å²) in [6.07, 6.45) is 2.48. The van der Waals surface area contributed by atoms with Crippen molar-refractivity contribution in [1.29, 1.82) is 0 Å². The standard InChI is InChI=1S/C18H27N3O2/c1-5-12-19-16(22)13(2)20-17(23)18(21(3)4)11-10-14-8-6-7-9-15(14)18/h6-9,13H,5,10-12H2,1-4H3,(H,19,22)(H,20,23)/t13-,18-/m1/s1. The molecule has 0 saturated heterocycles. The number of likely N-dealkylation sites (N-methyl/N-ethyl adjacent to an activating group) is 1. The first kappa shape index (κ1) is 17.5. The van der Waals surface area contributed by atoms with Gasteiger partial charge in [-0.2, -0.15) is 0 Å². The second-order valence-corrected chi connectivity index (χ2v) is 6.40. The van der Waals surface area contributed by atoms with Crippen LogP contribution in [-0.2, 0) is 21.5 Å². The van der Waals surface area contributed by atoms with Crippen LogP contribution in [0.1, 0.15) is 37.8 Å². The summed E-state index contributed by atoms with van der Waals surface area (Å²) in [4.78, 5) is 27.0. The normalized spacial score (nSPS) is 20.9. The lowest BCUT2D eigenvalue weighted by molar-refractivity contribution is -0.136. The topological polar surface area (TPSA) is 61.4 Å². The monoisotopic (exact) mass is 317 g/mol. The molecule has 2 amide bonds. The zero-order valence-corrected chi connectivity index (χ0v) is 14.5. The van der Waals surface area contributed by atoms with Gasteiger partial charge in [-0.3, -0.25) is 14.5 Å². The number of hydrogen-bond acceptors (Lipinski definition) is 3. The van der Waals surface area contributed by atoms with Gasteiger partial charge in [-0.15, -0.1) is 0 Å². The number of carbonyl (C=O) groups is 2. The van der Waals surface area contributed by atoms with Crippen LogP contribution in [0.2, 0.25) is 0 Å². The molecule has 1 aliphatic carbocycles. The number of carbonyl (C=O) groups excluding carboxylic acids is 2.